The Balaban J connectivity index is 2.45. The van der Waals surface area contributed by atoms with E-state index in [1.54, 1.807) is 0 Å². The average Bonchev–Trinajstić information content (AvgIpc) is 2.35. The van der Waals surface area contributed by atoms with Gasteiger partial charge >= 0.3 is 5.97 Å². The molecule has 19 heavy (non-hydrogen) atoms. The lowest BCUT2D eigenvalue weighted by atomic mass is 10.2. The highest BCUT2D eigenvalue weighted by atomic mass is 79.9. The quantitative estimate of drug-likeness (QED) is 0.874. The van der Waals surface area contributed by atoms with Crippen LogP contribution in [0, 0.1) is 11.6 Å². The van der Waals surface area contributed by atoms with Gasteiger partial charge in [0.1, 0.15) is 5.56 Å². The molecule has 7 heteroatoms. The van der Waals surface area contributed by atoms with Gasteiger partial charge in [0.25, 0.3) is 0 Å². The summed E-state index contributed by atoms with van der Waals surface area (Å²) in [5.74, 6) is -4.37. The van der Waals surface area contributed by atoms with Gasteiger partial charge in [-0.05, 0) is 24.3 Å². The first-order chi connectivity index (χ1) is 8.99. The maximum atomic E-state index is 13.5. The van der Waals surface area contributed by atoms with Crippen molar-refractivity contribution in [1.82, 2.24) is 4.98 Å². The molecule has 0 unspecified atom stereocenters. The molecule has 1 aromatic carbocycles. The Hall–Kier alpha value is -2.02. The predicted octanol–water partition coefficient (Wildman–Crippen LogP) is 3.61. The van der Waals surface area contributed by atoms with E-state index in [2.05, 4.69) is 20.9 Å². The van der Waals surface area contributed by atoms with Crippen LogP contribution in [0.1, 0.15) is 10.4 Å². The van der Waals surface area contributed by atoms with Crippen molar-refractivity contribution in [2.45, 2.75) is 0 Å². The van der Waals surface area contributed by atoms with Crippen molar-refractivity contribution in [3.8, 4) is 11.6 Å². The minimum atomic E-state index is -1.28. The van der Waals surface area contributed by atoms with Crippen molar-refractivity contribution in [2.75, 3.05) is 0 Å². The van der Waals surface area contributed by atoms with E-state index in [-0.39, 0.29) is 15.9 Å². The zero-order chi connectivity index (χ0) is 14.0. The van der Waals surface area contributed by atoms with E-state index in [1.807, 2.05) is 0 Å². The van der Waals surface area contributed by atoms with E-state index in [9.17, 15) is 13.6 Å². The van der Waals surface area contributed by atoms with Crippen molar-refractivity contribution in [1.29, 1.82) is 0 Å². The maximum Gasteiger partial charge on any atom is 0.341 e. The summed E-state index contributed by atoms with van der Waals surface area (Å²) in [4.78, 5) is 14.6. The van der Waals surface area contributed by atoms with Gasteiger partial charge in [-0.2, -0.15) is 4.39 Å². The number of aromatic nitrogens is 1. The van der Waals surface area contributed by atoms with Crippen LogP contribution in [-0.4, -0.2) is 16.1 Å². The molecule has 0 aliphatic heterocycles. The zero-order valence-electron chi connectivity index (χ0n) is 9.23. The molecule has 1 heterocycles. The van der Waals surface area contributed by atoms with Crippen LogP contribution in [0.15, 0.2) is 34.9 Å². The molecule has 4 nitrogen and oxygen atoms in total. The number of nitrogens with zero attached hydrogens (tertiary/aromatic N) is 1. The number of carboxylic acids is 1. The smallest absolute Gasteiger partial charge is 0.341 e. The summed E-state index contributed by atoms with van der Waals surface area (Å²) in [7, 11) is 0. The van der Waals surface area contributed by atoms with Crippen LogP contribution >= 0.6 is 15.9 Å². The third-order valence-electron chi connectivity index (χ3n) is 2.17. The highest BCUT2D eigenvalue weighted by molar-refractivity contribution is 9.10. The van der Waals surface area contributed by atoms with E-state index < -0.39 is 23.4 Å². The molecule has 2 rings (SSSR count). The number of hydrogen-bond acceptors (Lipinski definition) is 3. The number of carboxylic acid groups (broad SMARTS) is 1. The van der Waals surface area contributed by atoms with Crippen LogP contribution in [0.4, 0.5) is 8.78 Å². The second-order valence-electron chi connectivity index (χ2n) is 3.46. The molecule has 0 saturated heterocycles. The molecule has 0 amide bonds. The van der Waals surface area contributed by atoms with Gasteiger partial charge in [-0.3, -0.25) is 0 Å². The number of halogens is 3. The highest BCUT2D eigenvalue weighted by Gasteiger charge is 2.17. The van der Waals surface area contributed by atoms with Crippen molar-refractivity contribution >= 4 is 21.9 Å². The molecule has 98 valence electrons. The summed E-state index contributed by atoms with van der Waals surface area (Å²) in [6, 6.07) is 4.75. The van der Waals surface area contributed by atoms with Gasteiger partial charge in [0.2, 0.25) is 11.7 Å². The van der Waals surface area contributed by atoms with Gasteiger partial charge < -0.3 is 9.84 Å². The summed E-state index contributed by atoms with van der Waals surface area (Å²) in [5.41, 5.74) is -0.248. The molecular weight excluding hydrogens is 324 g/mol. The molecule has 0 bridgehead atoms. The Labute approximate surface area is 114 Å². The Morgan fingerprint density at radius 1 is 1.37 bits per heavy atom. The number of rotatable bonds is 3. The second kappa shape index (κ2) is 5.31. The van der Waals surface area contributed by atoms with Crippen LogP contribution in [0.3, 0.4) is 0 Å². The number of aromatic carboxylic acids is 1. The van der Waals surface area contributed by atoms with E-state index in [0.717, 1.165) is 6.07 Å². The number of ether oxygens (including phenoxy) is 1. The normalized spacial score (nSPS) is 10.3. The Bertz CT molecular complexity index is 649. The average molecular weight is 330 g/mol. The summed E-state index contributed by atoms with van der Waals surface area (Å²) in [6.07, 6.45) is 1.29. The Kier molecular flexibility index (Phi) is 3.75. The third-order valence-corrected chi connectivity index (χ3v) is 2.63. The summed E-state index contributed by atoms with van der Waals surface area (Å²) in [5, 5.41) is 8.93. The van der Waals surface area contributed by atoms with E-state index in [4.69, 9.17) is 9.84 Å². The van der Waals surface area contributed by atoms with E-state index in [0.29, 0.717) is 0 Å². The molecule has 0 spiro atoms. The van der Waals surface area contributed by atoms with Gasteiger partial charge in [-0.1, -0.05) is 15.9 Å². The van der Waals surface area contributed by atoms with Crippen LogP contribution in [0.5, 0.6) is 11.6 Å². The van der Waals surface area contributed by atoms with E-state index in [1.165, 1.54) is 24.4 Å². The lowest BCUT2D eigenvalue weighted by Gasteiger charge is -2.08. The predicted molar refractivity (Wildman–Crippen MR) is 65.3 cm³/mol. The third kappa shape index (κ3) is 2.87. The Morgan fingerprint density at radius 3 is 2.79 bits per heavy atom. The van der Waals surface area contributed by atoms with Gasteiger partial charge in [0.05, 0.1) is 0 Å². The molecule has 0 aliphatic carbocycles. The first kappa shape index (κ1) is 13.4. The standard InChI is InChI=1S/C12H6BrF2NO3/c13-6-4-8(14)10(15)9(5-6)19-11-7(12(17)18)2-1-3-16-11/h1-5H,(H,17,18). The molecule has 0 atom stereocenters. The van der Waals surface area contributed by atoms with Crippen molar-refractivity contribution in [3.05, 3.63) is 52.1 Å². The van der Waals surface area contributed by atoms with Gasteiger partial charge in [0.15, 0.2) is 11.6 Å². The van der Waals surface area contributed by atoms with Crippen molar-refractivity contribution in [3.63, 3.8) is 0 Å². The van der Waals surface area contributed by atoms with Crippen LogP contribution in [-0.2, 0) is 0 Å². The second-order valence-corrected chi connectivity index (χ2v) is 4.38. The van der Waals surface area contributed by atoms with Gasteiger partial charge in [-0.25, -0.2) is 14.2 Å². The van der Waals surface area contributed by atoms with Crippen LogP contribution in [0.2, 0.25) is 0 Å². The monoisotopic (exact) mass is 329 g/mol. The first-order valence-corrected chi connectivity index (χ1v) is 5.79. The number of carbonyl (C=O) groups is 1. The molecule has 0 fully saturated rings. The molecule has 0 aliphatic rings. The number of benzene rings is 1. The van der Waals surface area contributed by atoms with E-state index >= 15 is 0 Å². The zero-order valence-corrected chi connectivity index (χ0v) is 10.8. The van der Waals surface area contributed by atoms with Gasteiger partial charge in [0, 0.05) is 10.7 Å². The highest BCUT2D eigenvalue weighted by Crippen LogP contribution is 2.30. The van der Waals surface area contributed by atoms with Crippen LogP contribution in [0.25, 0.3) is 0 Å². The minimum absolute atomic E-state index is 0.248. The lowest BCUT2D eigenvalue weighted by molar-refractivity contribution is 0.0693. The maximum absolute atomic E-state index is 13.5. The number of hydrogen-bond donors (Lipinski definition) is 1. The van der Waals surface area contributed by atoms with Crippen molar-refractivity contribution < 1.29 is 23.4 Å². The summed E-state index contributed by atoms with van der Waals surface area (Å²) >= 11 is 2.98. The topological polar surface area (TPSA) is 59.4 Å². The largest absolute Gasteiger partial charge is 0.477 e. The molecule has 2 aromatic rings. The SMILES string of the molecule is O=C(O)c1cccnc1Oc1cc(Br)cc(F)c1F. The van der Waals surface area contributed by atoms with Crippen molar-refractivity contribution in [2.24, 2.45) is 0 Å². The number of pyridine rings is 1. The lowest BCUT2D eigenvalue weighted by Crippen LogP contribution is -2.02. The summed E-state index contributed by atoms with van der Waals surface area (Å²) < 4.78 is 32.0. The fraction of sp³-hybridized carbons (Fsp3) is 0. The molecular formula is C12H6BrF2NO3. The first-order valence-electron chi connectivity index (χ1n) is 4.99. The molecule has 0 radical (unpaired) electrons. The Morgan fingerprint density at radius 2 is 2.11 bits per heavy atom. The fourth-order valence-corrected chi connectivity index (χ4v) is 1.75. The molecule has 1 N–H and O–H groups in total. The van der Waals surface area contributed by atoms with Crippen LogP contribution < -0.4 is 4.74 Å². The molecule has 0 saturated carbocycles. The summed E-state index contributed by atoms with van der Waals surface area (Å²) in [6.45, 7) is 0. The van der Waals surface area contributed by atoms with Gasteiger partial charge in [-0.15, -0.1) is 0 Å². The fourth-order valence-electron chi connectivity index (χ4n) is 1.35. The molecule has 1 aromatic heterocycles. The minimum Gasteiger partial charge on any atom is -0.477 e.